The average Bonchev–Trinajstić information content (AvgIpc) is 2.87. The fourth-order valence-electron chi connectivity index (χ4n) is 2.60. The average molecular weight is 285 g/mol. The molecule has 0 bridgehead atoms. The third kappa shape index (κ3) is 2.35. The topological polar surface area (TPSA) is 41.7 Å². The maximum absolute atomic E-state index is 5.43. The SMILES string of the molecule is COc1ccc(N(C)C2=CN(C)Cc3onc(C)c32)cc1. The fourth-order valence-corrected chi connectivity index (χ4v) is 2.60. The van der Waals surface area contributed by atoms with E-state index in [4.69, 9.17) is 9.26 Å². The lowest BCUT2D eigenvalue weighted by molar-refractivity contribution is 0.322. The Kier molecular flexibility index (Phi) is 3.33. The van der Waals surface area contributed by atoms with Crippen molar-refractivity contribution in [2.45, 2.75) is 13.5 Å². The summed E-state index contributed by atoms with van der Waals surface area (Å²) in [5.41, 5.74) is 4.18. The van der Waals surface area contributed by atoms with E-state index >= 15 is 0 Å². The maximum Gasteiger partial charge on any atom is 0.165 e. The summed E-state index contributed by atoms with van der Waals surface area (Å²) >= 11 is 0. The Morgan fingerprint density at radius 3 is 2.67 bits per heavy atom. The van der Waals surface area contributed by atoms with Gasteiger partial charge in [0.1, 0.15) is 5.75 Å². The highest BCUT2D eigenvalue weighted by molar-refractivity contribution is 5.81. The summed E-state index contributed by atoms with van der Waals surface area (Å²) in [5.74, 6) is 1.76. The van der Waals surface area contributed by atoms with Crippen molar-refractivity contribution in [2.75, 3.05) is 26.1 Å². The molecule has 0 N–H and O–H groups in total. The number of aryl methyl sites for hydroxylation is 1. The zero-order valence-corrected chi connectivity index (χ0v) is 12.8. The molecular formula is C16H19N3O2. The molecule has 110 valence electrons. The first-order valence-electron chi connectivity index (χ1n) is 6.85. The number of nitrogens with zero attached hydrogens (tertiary/aromatic N) is 3. The van der Waals surface area contributed by atoms with Crippen LogP contribution < -0.4 is 9.64 Å². The van der Waals surface area contributed by atoms with Crippen molar-refractivity contribution in [3.63, 3.8) is 0 Å². The first-order chi connectivity index (χ1) is 10.1. The van der Waals surface area contributed by atoms with Crippen LogP contribution in [-0.4, -0.2) is 31.3 Å². The van der Waals surface area contributed by atoms with Crippen molar-refractivity contribution >= 4 is 11.4 Å². The lowest BCUT2D eigenvalue weighted by Crippen LogP contribution is -2.24. The number of aromatic nitrogens is 1. The lowest BCUT2D eigenvalue weighted by Gasteiger charge is -2.29. The standard InChI is InChI=1S/C16H19N3O2/c1-11-16-14(9-18(2)10-15(16)21-17-11)19(3)12-5-7-13(20-4)8-6-12/h5-9H,10H2,1-4H3. The van der Waals surface area contributed by atoms with Crippen LogP contribution >= 0.6 is 0 Å². The molecule has 2 aromatic rings. The van der Waals surface area contributed by atoms with Crippen molar-refractivity contribution in [3.05, 3.63) is 47.5 Å². The Balaban J connectivity index is 1.99. The summed E-state index contributed by atoms with van der Waals surface area (Å²) in [6.07, 6.45) is 2.12. The Morgan fingerprint density at radius 1 is 1.29 bits per heavy atom. The largest absolute Gasteiger partial charge is 0.497 e. The second kappa shape index (κ2) is 5.16. The maximum atomic E-state index is 5.43. The summed E-state index contributed by atoms with van der Waals surface area (Å²) in [6.45, 7) is 2.72. The van der Waals surface area contributed by atoms with E-state index in [-0.39, 0.29) is 0 Å². The third-order valence-corrected chi connectivity index (χ3v) is 3.75. The molecule has 21 heavy (non-hydrogen) atoms. The molecule has 0 aliphatic carbocycles. The van der Waals surface area contributed by atoms with Crippen LogP contribution in [0.3, 0.4) is 0 Å². The van der Waals surface area contributed by atoms with Gasteiger partial charge in [-0.1, -0.05) is 5.16 Å². The number of fused-ring (bicyclic) bond motifs is 1. The Hall–Kier alpha value is -2.43. The first-order valence-corrected chi connectivity index (χ1v) is 6.85. The molecular weight excluding hydrogens is 266 g/mol. The van der Waals surface area contributed by atoms with Gasteiger partial charge in [0.15, 0.2) is 5.76 Å². The molecule has 1 aromatic carbocycles. The van der Waals surface area contributed by atoms with Gasteiger partial charge in [-0.3, -0.25) is 0 Å². The van der Waals surface area contributed by atoms with E-state index < -0.39 is 0 Å². The molecule has 1 aromatic heterocycles. The summed E-state index contributed by atoms with van der Waals surface area (Å²) in [4.78, 5) is 4.24. The predicted octanol–water partition coefficient (Wildman–Crippen LogP) is 2.87. The minimum atomic E-state index is 0.746. The smallest absolute Gasteiger partial charge is 0.165 e. The molecule has 0 radical (unpaired) electrons. The molecule has 5 nitrogen and oxygen atoms in total. The third-order valence-electron chi connectivity index (χ3n) is 3.75. The number of rotatable bonds is 3. The van der Waals surface area contributed by atoms with Gasteiger partial charge in [0.2, 0.25) is 0 Å². The zero-order valence-electron chi connectivity index (χ0n) is 12.8. The van der Waals surface area contributed by atoms with Gasteiger partial charge in [-0.25, -0.2) is 0 Å². The summed E-state index contributed by atoms with van der Waals surface area (Å²) in [5, 5.41) is 4.10. The van der Waals surface area contributed by atoms with Crippen LogP contribution in [0.15, 0.2) is 35.0 Å². The summed E-state index contributed by atoms with van der Waals surface area (Å²) in [7, 11) is 5.75. The van der Waals surface area contributed by atoms with Gasteiger partial charge in [0, 0.05) is 26.0 Å². The fraction of sp³-hybridized carbons (Fsp3) is 0.312. The van der Waals surface area contributed by atoms with Gasteiger partial charge in [0.25, 0.3) is 0 Å². The highest BCUT2D eigenvalue weighted by Gasteiger charge is 2.25. The summed E-state index contributed by atoms with van der Waals surface area (Å²) < 4.78 is 10.6. The van der Waals surface area contributed by atoms with Crippen molar-refractivity contribution in [3.8, 4) is 5.75 Å². The molecule has 0 unspecified atom stereocenters. The van der Waals surface area contributed by atoms with Crippen molar-refractivity contribution in [1.29, 1.82) is 0 Å². The quantitative estimate of drug-likeness (QED) is 0.867. The van der Waals surface area contributed by atoms with Crippen molar-refractivity contribution in [2.24, 2.45) is 0 Å². The van der Waals surface area contributed by atoms with Gasteiger partial charge in [-0.15, -0.1) is 0 Å². The zero-order chi connectivity index (χ0) is 15.0. The predicted molar refractivity (Wildman–Crippen MR) is 82.1 cm³/mol. The Morgan fingerprint density at radius 2 is 2.00 bits per heavy atom. The molecule has 2 heterocycles. The number of hydrogen-bond donors (Lipinski definition) is 0. The number of anilines is 1. The van der Waals surface area contributed by atoms with Crippen LogP contribution in [0.4, 0.5) is 5.69 Å². The van der Waals surface area contributed by atoms with Gasteiger partial charge < -0.3 is 19.1 Å². The highest BCUT2D eigenvalue weighted by Crippen LogP contribution is 2.33. The van der Waals surface area contributed by atoms with Crippen LogP contribution in [0.2, 0.25) is 0 Å². The Labute approximate surface area is 124 Å². The van der Waals surface area contributed by atoms with Crippen LogP contribution in [-0.2, 0) is 6.54 Å². The van der Waals surface area contributed by atoms with Gasteiger partial charge in [-0.05, 0) is 31.2 Å². The molecule has 5 heteroatoms. The van der Waals surface area contributed by atoms with E-state index in [0.717, 1.165) is 40.7 Å². The van der Waals surface area contributed by atoms with E-state index in [9.17, 15) is 0 Å². The minimum Gasteiger partial charge on any atom is -0.497 e. The summed E-state index contributed by atoms with van der Waals surface area (Å²) in [6, 6.07) is 7.99. The van der Waals surface area contributed by atoms with E-state index in [1.165, 1.54) is 0 Å². The molecule has 3 rings (SSSR count). The van der Waals surface area contributed by atoms with Crippen molar-refractivity contribution in [1.82, 2.24) is 10.1 Å². The normalized spacial score (nSPS) is 13.7. The Bertz CT molecular complexity index is 673. The molecule has 0 amide bonds. The monoisotopic (exact) mass is 285 g/mol. The van der Waals surface area contributed by atoms with E-state index in [1.807, 2.05) is 45.3 Å². The van der Waals surface area contributed by atoms with E-state index in [0.29, 0.717) is 0 Å². The first kappa shape index (κ1) is 13.5. The lowest BCUT2D eigenvalue weighted by atomic mass is 10.1. The van der Waals surface area contributed by atoms with Gasteiger partial charge >= 0.3 is 0 Å². The van der Waals surface area contributed by atoms with Crippen LogP contribution in [0.5, 0.6) is 5.75 Å². The molecule has 0 saturated heterocycles. The van der Waals surface area contributed by atoms with Crippen LogP contribution in [0.25, 0.3) is 5.70 Å². The second-order valence-corrected chi connectivity index (χ2v) is 5.25. The molecule has 1 aliphatic rings. The number of ether oxygens (including phenoxy) is 1. The van der Waals surface area contributed by atoms with E-state index in [2.05, 4.69) is 21.2 Å². The minimum absolute atomic E-state index is 0.746. The molecule has 0 atom stereocenters. The molecule has 0 saturated carbocycles. The van der Waals surface area contributed by atoms with E-state index in [1.54, 1.807) is 7.11 Å². The van der Waals surface area contributed by atoms with Crippen LogP contribution in [0.1, 0.15) is 17.0 Å². The van der Waals surface area contributed by atoms with Gasteiger partial charge in [-0.2, -0.15) is 0 Å². The number of benzene rings is 1. The number of hydrogen-bond acceptors (Lipinski definition) is 5. The second-order valence-electron chi connectivity index (χ2n) is 5.25. The van der Waals surface area contributed by atoms with Crippen molar-refractivity contribution < 1.29 is 9.26 Å². The molecule has 1 aliphatic heterocycles. The number of methoxy groups -OCH3 is 1. The highest BCUT2D eigenvalue weighted by atomic mass is 16.5. The molecule has 0 fully saturated rings. The van der Waals surface area contributed by atoms with Gasteiger partial charge in [0.05, 0.1) is 30.6 Å². The van der Waals surface area contributed by atoms with Crippen LogP contribution in [0, 0.1) is 6.92 Å². The molecule has 0 spiro atoms.